The van der Waals surface area contributed by atoms with Gasteiger partial charge in [0, 0.05) is 53.1 Å². The van der Waals surface area contributed by atoms with Crippen molar-refractivity contribution in [1.29, 1.82) is 0 Å². The van der Waals surface area contributed by atoms with Crippen molar-refractivity contribution >= 4 is 75.1 Å². The first kappa shape index (κ1) is 23.7. The van der Waals surface area contributed by atoms with Crippen LogP contribution >= 0.6 is 11.3 Å². The molecule has 3 heteroatoms. The van der Waals surface area contributed by atoms with E-state index in [-0.39, 0.29) is 22.3 Å². The highest BCUT2D eigenvalue weighted by Gasteiger charge is 2.20. The molecule has 0 saturated carbocycles. The maximum absolute atomic E-state index is 9.00. The van der Waals surface area contributed by atoms with Crippen molar-refractivity contribution in [2.75, 3.05) is 0 Å². The summed E-state index contributed by atoms with van der Waals surface area (Å²) in [6.45, 7) is 0. The molecule has 3 heterocycles. The van der Waals surface area contributed by atoms with E-state index in [2.05, 4.69) is 100 Å². The number of fused-ring (bicyclic) bond motifs is 9. The number of thiophene rings is 1. The summed E-state index contributed by atoms with van der Waals surface area (Å²) < 4.78 is 93.9. The van der Waals surface area contributed by atoms with Gasteiger partial charge in [0.2, 0.25) is 0 Å². The molecule has 0 aliphatic heterocycles. The van der Waals surface area contributed by atoms with Crippen LogP contribution in [0.5, 0.6) is 0 Å². The molecule has 0 amide bonds. The summed E-state index contributed by atoms with van der Waals surface area (Å²) >= 11 is 1.80. The van der Waals surface area contributed by atoms with Crippen molar-refractivity contribution in [2.24, 2.45) is 0 Å². The van der Waals surface area contributed by atoms with Gasteiger partial charge in [-0.2, -0.15) is 0 Å². The maximum atomic E-state index is 9.00. The third-order valence-electron chi connectivity index (χ3n) is 11.1. The van der Waals surface area contributed by atoms with Crippen molar-refractivity contribution in [3.8, 4) is 44.8 Å². The molecule has 12 aromatic rings. The van der Waals surface area contributed by atoms with Gasteiger partial charge in [0.05, 0.1) is 35.8 Å². The topological polar surface area (TPSA) is 9.86 Å². The predicted octanol–water partition coefficient (Wildman–Crippen LogP) is 15.2. The van der Waals surface area contributed by atoms with Crippen LogP contribution in [0.25, 0.3) is 109 Å². The molecule has 0 fully saturated rings. The van der Waals surface area contributed by atoms with E-state index >= 15 is 0 Å². The lowest BCUT2D eigenvalue weighted by atomic mass is 9.87. The van der Waals surface area contributed by atoms with E-state index in [1.807, 2.05) is 36.4 Å². The van der Waals surface area contributed by atoms with E-state index < -0.39 is 60.4 Å². The molecule has 0 saturated heterocycles. The zero-order valence-electron chi connectivity index (χ0n) is 40.2. The zero-order chi connectivity index (χ0) is 46.2. The quantitative estimate of drug-likeness (QED) is 0.166. The molecule has 12 rings (SSSR count). The Morgan fingerprint density at radius 1 is 0.351 bits per heavy atom. The first-order valence-corrected chi connectivity index (χ1v) is 19.5. The van der Waals surface area contributed by atoms with Crippen LogP contribution in [-0.2, 0) is 0 Å². The summed E-state index contributed by atoms with van der Waals surface area (Å²) in [6.07, 6.45) is 0. The molecule has 3 aromatic heterocycles. The fourth-order valence-corrected chi connectivity index (χ4v) is 9.77. The van der Waals surface area contributed by atoms with Crippen LogP contribution in [0.2, 0.25) is 0 Å². The Morgan fingerprint density at radius 3 is 1.49 bits per heavy atom. The van der Waals surface area contributed by atoms with E-state index in [0.29, 0.717) is 11.1 Å². The molecule has 0 aliphatic rings. The average Bonchev–Trinajstić information content (AvgIpc) is 4.01. The van der Waals surface area contributed by atoms with E-state index in [4.69, 9.17) is 13.7 Å². The van der Waals surface area contributed by atoms with Crippen molar-refractivity contribution < 1.29 is 13.7 Å². The second kappa shape index (κ2) is 12.7. The highest BCUT2D eigenvalue weighted by Crippen LogP contribution is 2.44. The van der Waals surface area contributed by atoms with Gasteiger partial charge in [0.25, 0.3) is 0 Å². The molecule has 266 valence electrons. The van der Waals surface area contributed by atoms with Crippen LogP contribution in [0, 0.1) is 0 Å². The Labute approximate surface area is 347 Å². The van der Waals surface area contributed by atoms with E-state index in [1.54, 1.807) is 29.5 Å². The monoisotopic (exact) mass is 752 g/mol. The van der Waals surface area contributed by atoms with Gasteiger partial charge in [0.15, 0.2) is 0 Å². The number of rotatable bonds is 5. The SMILES string of the molecule is [2H]c1c([2H])c([2H])c(-c2cccc(-c3c([2H])c([2H])c([2H])c([2H])c3[2H])c2-c2ccc3c(c2)c2ccccc2n3-c2ccc3c(c2)c2ccccc2n3-c2ccc3sc4ccccc4c3c2)c([2H])c1[2H]. The third kappa shape index (κ3) is 4.96. The Kier molecular flexibility index (Phi) is 5.26. The van der Waals surface area contributed by atoms with Crippen LogP contribution in [0.3, 0.4) is 0 Å². The molecule has 0 aliphatic carbocycles. The van der Waals surface area contributed by atoms with Crippen molar-refractivity contribution in [3.63, 3.8) is 0 Å². The summed E-state index contributed by atoms with van der Waals surface area (Å²) in [7, 11) is 0. The first-order chi connectivity index (χ1) is 32.4. The molecule has 9 aromatic carbocycles. The van der Waals surface area contributed by atoms with Crippen molar-refractivity contribution in [2.45, 2.75) is 0 Å². The van der Waals surface area contributed by atoms with Crippen LogP contribution in [0.1, 0.15) is 13.7 Å². The highest BCUT2D eigenvalue weighted by molar-refractivity contribution is 7.25. The standard InChI is InChI=1S/C54H34N2S/c1-3-14-35(15-4-1)40-21-13-22-41(36-16-5-2-6-17-36)54(40)37-26-29-50-45(32-37)42-18-7-10-23-48(42)55(50)38-27-30-51-46(33-38)43-19-8-11-24-49(43)56(51)39-28-31-53-47(34-39)44-20-9-12-25-52(44)57-53/h1-34H/i1D,2D,3D,4D,5D,6D,14D,15D,16D,17D. The van der Waals surface area contributed by atoms with E-state index in [1.165, 1.54) is 20.2 Å². The van der Waals surface area contributed by atoms with Gasteiger partial charge in [-0.3, -0.25) is 0 Å². The molecular formula is C54H34N2S. The summed E-state index contributed by atoms with van der Waals surface area (Å²) in [5, 5.41) is 6.45. The normalized spacial score (nSPS) is 14.3. The van der Waals surface area contributed by atoms with Crippen LogP contribution in [-0.4, -0.2) is 9.13 Å². The smallest absolute Gasteiger partial charge is 0.0629 e. The van der Waals surface area contributed by atoms with Gasteiger partial charge in [-0.1, -0.05) is 139 Å². The van der Waals surface area contributed by atoms with Gasteiger partial charge in [-0.15, -0.1) is 11.3 Å². The van der Waals surface area contributed by atoms with Crippen LogP contribution in [0.4, 0.5) is 0 Å². The molecule has 0 N–H and O–H groups in total. The van der Waals surface area contributed by atoms with Gasteiger partial charge in [0.1, 0.15) is 0 Å². The summed E-state index contributed by atoms with van der Waals surface area (Å²) in [4.78, 5) is 0. The van der Waals surface area contributed by atoms with Gasteiger partial charge in [-0.05, 0) is 100 Å². The van der Waals surface area contributed by atoms with Crippen molar-refractivity contribution in [3.05, 3.63) is 206 Å². The minimum atomic E-state index is -0.535. The molecule has 0 unspecified atom stereocenters. The Bertz CT molecular complexity index is 3980. The second-order valence-electron chi connectivity index (χ2n) is 14.1. The fraction of sp³-hybridized carbons (Fsp3) is 0. The van der Waals surface area contributed by atoms with Crippen LogP contribution in [0.15, 0.2) is 206 Å². The van der Waals surface area contributed by atoms with Crippen LogP contribution < -0.4 is 0 Å². The third-order valence-corrected chi connectivity index (χ3v) is 12.2. The minimum absolute atomic E-state index is 0.0613. The van der Waals surface area contributed by atoms with Crippen molar-refractivity contribution in [1.82, 2.24) is 9.13 Å². The number of nitrogens with zero attached hydrogens (tertiary/aromatic N) is 2. The molecular weight excluding hydrogens is 709 g/mol. The summed E-state index contributed by atoms with van der Waals surface area (Å²) in [5.41, 5.74) is 7.32. The van der Waals surface area contributed by atoms with E-state index in [0.717, 1.165) is 55.0 Å². The largest absolute Gasteiger partial charge is 0.309 e. The number of aromatic nitrogens is 2. The summed E-state index contributed by atoms with van der Waals surface area (Å²) in [6, 6.07) is 44.3. The molecule has 2 nitrogen and oxygen atoms in total. The van der Waals surface area contributed by atoms with Gasteiger partial charge < -0.3 is 9.13 Å². The lowest BCUT2D eigenvalue weighted by molar-refractivity contribution is 1.17. The number of hydrogen-bond acceptors (Lipinski definition) is 1. The molecule has 0 bridgehead atoms. The molecule has 0 atom stereocenters. The molecule has 57 heavy (non-hydrogen) atoms. The Balaban J connectivity index is 1.10. The fourth-order valence-electron chi connectivity index (χ4n) is 8.69. The highest BCUT2D eigenvalue weighted by atomic mass is 32.1. The molecule has 0 spiro atoms. The molecule has 0 radical (unpaired) electrons. The Hall–Kier alpha value is -7.20. The first-order valence-electron chi connectivity index (χ1n) is 23.7. The predicted molar refractivity (Wildman–Crippen MR) is 244 cm³/mol. The number of hydrogen-bond donors (Lipinski definition) is 0. The van der Waals surface area contributed by atoms with Gasteiger partial charge in [-0.25, -0.2) is 0 Å². The maximum Gasteiger partial charge on any atom is 0.0629 e. The lowest BCUT2D eigenvalue weighted by Gasteiger charge is -2.17. The average molecular weight is 753 g/mol. The number of benzene rings is 9. The lowest BCUT2D eigenvalue weighted by Crippen LogP contribution is -1.96. The number of para-hydroxylation sites is 2. The summed E-state index contributed by atoms with van der Waals surface area (Å²) in [5.74, 6) is 0. The minimum Gasteiger partial charge on any atom is -0.309 e. The second-order valence-corrected chi connectivity index (χ2v) is 15.2. The Morgan fingerprint density at radius 2 is 0.842 bits per heavy atom. The zero-order valence-corrected chi connectivity index (χ0v) is 31.0. The van der Waals surface area contributed by atoms with E-state index in [9.17, 15) is 0 Å². The van der Waals surface area contributed by atoms with Gasteiger partial charge >= 0.3 is 0 Å².